The fourth-order valence-corrected chi connectivity index (χ4v) is 3.06. The van der Waals surface area contributed by atoms with Crippen LogP contribution in [-0.2, 0) is 13.1 Å². The number of hydrogen-bond acceptors (Lipinski definition) is 4. The van der Waals surface area contributed by atoms with Crippen LogP contribution in [0.3, 0.4) is 0 Å². The normalized spacial score (nSPS) is 13.7. The minimum absolute atomic E-state index is 0.441. The molecule has 26 heavy (non-hydrogen) atoms. The number of rotatable bonds is 3. The van der Waals surface area contributed by atoms with Crippen LogP contribution in [-0.4, -0.2) is 42.3 Å². The lowest BCUT2D eigenvalue weighted by atomic mass is 10.1. The van der Waals surface area contributed by atoms with Crippen molar-refractivity contribution in [3.8, 4) is 11.5 Å². The number of benzene rings is 2. The van der Waals surface area contributed by atoms with Gasteiger partial charge in [-0.25, -0.2) is 0 Å². The highest BCUT2D eigenvalue weighted by Gasteiger charge is 2.13. The van der Waals surface area contributed by atoms with Gasteiger partial charge in [0.15, 0.2) is 0 Å². The van der Waals surface area contributed by atoms with Gasteiger partial charge in [0.25, 0.3) is 0 Å². The molecule has 2 aromatic rings. The number of fused-ring (bicyclic) bond motifs is 1. The zero-order valence-electron chi connectivity index (χ0n) is 17.0. The summed E-state index contributed by atoms with van der Waals surface area (Å²) < 4.78 is 5.52. The summed E-state index contributed by atoms with van der Waals surface area (Å²) in [6.45, 7) is 11.7. The summed E-state index contributed by atoms with van der Waals surface area (Å²) in [7, 11) is 4.11. The molecule has 4 nitrogen and oxygen atoms in total. The number of nitrogens with zero attached hydrogens (tertiary/aromatic N) is 2. The summed E-state index contributed by atoms with van der Waals surface area (Å²) in [4.78, 5) is 4.33. The molecule has 4 heteroatoms. The Morgan fingerprint density at radius 2 is 1.85 bits per heavy atom. The largest absolute Gasteiger partial charge is 0.507 e. The molecule has 142 valence electrons. The molecule has 3 rings (SSSR count). The van der Waals surface area contributed by atoms with Crippen LogP contribution in [0.4, 0.5) is 0 Å². The minimum atomic E-state index is 0.441. The Morgan fingerprint density at radius 3 is 2.54 bits per heavy atom. The van der Waals surface area contributed by atoms with Crippen LogP contribution in [0.25, 0.3) is 0 Å². The van der Waals surface area contributed by atoms with Gasteiger partial charge in [-0.1, -0.05) is 42.3 Å². The number of aromatic hydroxyl groups is 1. The second-order valence-electron chi connectivity index (χ2n) is 7.32. The van der Waals surface area contributed by atoms with Crippen molar-refractivity contribution in [2.45, 2.75) is 40.8 Å². The van der Waals surface area contributed by atoms with Crippen LogP contribution in [0, 0.1) is 20.8 Å². The molecule has 0 amide bonds. The van der Waals surface area contributed by atoms with E-state index in [1.165, 1.54) is 16.7 Å². The fourth-order valence-electron chi connectivity index (χ4n) is 3.06. The third-order valence-electron chi connectivity index (χ3n) is 4.60. The number of aryl methyl sites for hydroxylation is 3. The van der Waals surface area contributed by atoms with Gasteiger partial charge in [-0.15, -0.1) is 0 Å². The maximum absolute atomic E-state index is 9.84. The van der Waals surface area contributed by atoms with Crippen molar-refractivity contribution in [1.82, 2.24) is 9.80 Å². The zero-order valence-corrected chi connectivity index (χ0v) is 17.0. The van der Waals surface area contributed by atoms with Gasteiger partial charge in [0, 0.05) is 24.2 Å². The van der Waals surface area contributed by atoms with Crippen molar-refractivity contribution in [2.24, 2.45) is 0 Å². The Bertz CT molecular complexity index is 743. The van der Waals surface area contributed by atoms with E-state index in [0.29, 0.717) is 12.5 Å². The highest BCUT2D eigenvalue weighted by molar-refractivity contribution is 5.42. The second-order valence-corrected chi connectivity index (χ2v) is 7.32. The fraction of sp³-hybridized carbons (Fsp3) is 0.455. The van der Waals surface area contributed by atoms with Gasteiger partial charge in [0.2, 0.25) is 0 Å². The second kappa shape index (κ2) is 9.06. The molecule has 1 N–H and O–H groups in total. The molecule has 0 saturated carbocycles. The molecule has 0 aliphatic carbocycles. The Morgan fingerprint density at radius 1 is 1.12 bits per heavy atom. The van der Waals surface area contributed by atoms with E-state index < -0.39 is 0 Å². The Kier molecular flexibility index (Phi) is 7.06. The van der Waals surface area contributed by atoms with Crippen LogP contribution in [0.5, 0.6) is 11.5 Å². The van der Waals surface area contributed by atoms with Gasteiger partial charge in [-0.2, -0.15) is 0 Å². The van der Waals surface area contributed by atoms with Gasteiger partial charge in [0.1, 0.15) is 18.2 Å². The molecule has 0 atom stereocenters. The van der Waals surface area contributed by atoms with E-state index in [2.05, 4.69) is 68.9 Å². The first kappa shape index (κ1) is 20.3. The maximum Gasteiger partial charge on any atom is 0.142 e. The lowest BCUT2D eigenvalue weighted by Crippen LogP contribution is -2.28. The van der Waals surface area contributed by atoms with Gasteiger partial charge >= 0.3 is 0 Å². The van der Waals surface area contributed by atoms with Crippen LogP contribution in [0.1, 0.15) is 34.7 Å². The summed E-state index contributed by atoms with van der Waals surface area (Å²) in [5.74, 6) is 1.48. The van der Waals surface area contributed by atoms with E-state index in [4.69, 9.17) is 4.74 Å². The Balaban J connectivity index is 0.000000189. The Hall–Kier alpha value is -2.04. The van der Waals surface area contributed by atoms with E-state index in [1.54, 1.807) is 0 Å². The third-order valence-corrected chi connectivity index (χ3v) is 4.60. The molecule has 0 bridgehead atoms. The van der Waals surface area contributed by atoms with Gasteiger partial charge in [-0.05, 0) is 53.0 Å². The first-order chi connectivity index (χ1) is 12.3. The van der Waals surface area contributed by atoms with E-state index in [1.807, 2.05) is 13.0 Å². The number of phenols is 1. The molecular formula is C22H32N2O2. The molecular weight excluding hydrogens is 324 g/mol. The summed E-state index contributed by atoms with van der Waals surface area (Å²) in [5.41, 5.74) is 5.78. The summed E-state index contributed by atoms with van der Waals surface area (Å²) in [5, 5.41) is 9.84. The summed E-state index contributed by atoms with van der Waals surface area (Å²) in [6, 6.07) is 10.4. The molecule has 1 aliphatic heterocycles. The average Bonchev–Trinajstić information content (AvgIpc) is 2.59. The van der Waals surface area contributed by atoms with E-state index in [-0.39, 0.29) is 0 Å². The van der Waals surface area contributed by atoms with Crippen molar-refractivity contribution in [3.05, 3.63) is 58.1 Å². The third kappa shape index (κ3) is 5.48. The first-order valence-corrected chi connectivity index (χ1v) is 9.18. The predicted octanol–water partition coefficient (Wildman–Crippen LogP) is 4.24. The summed E-state index contributed by atoms with van der Waals surface area (Å²) in [6.07, 6.45) is 0. The smallest absolute Gasteiger partial charge is 0.142 e. The molecule has 1 heterocycles. The predicted molar refractivity (Wildman–Crippen MR) is 108 cm³/mol. The molecule has 0 aromatic heterocycles. The number of hydrogen-bond donors (Lipinski definition) is 1. The number of phenolic OH excluding ortho intramolecular Hbond substituents is 1. The molecule has 0 spiro atoms. The highest BCUT2D eigenvalue weighted by Crippen LogP contribution is 2.25. The number of ether oxygens (including phenoxy) is 1. The standard InChI is InChI=1S/C12H19NO.C10H13NO/c1-5-13(4)8-11-7-9(2)6-10(3)12(11)14;1-8-3-4-10-9(5-8)6-11(2)7-12-10/h6-7,14H,5,8H2,1-4H3;3-5H,6-7H2,1-2H3. The van der Waals surface area contributed by atoms with E-state index in [9.17, 15) is 5.11 Å². The first-order valence-electron chi connectivity index (χ1n) is 9.18. The monoisotopic (exact) mass is 356 g/mol. The van der Waals surface area contributed by atoms with Crippen LogP contribution < -0.4 is 4.74 Å². The van der Waals surface area contributed by atoms with Crippen LogP contribution in [0.15, 0.2) is 30.3 Å². The lowest BCUT2D eigenvalue weighted by Gasteiger charge is -2.25. The van der Waals surface area contributed by atoms with Gasteiger partial charge in [-0.3, -0.25) is 4.90 Å². The molecule has 0 saturated heterocycles. The molecule has 1 aliphatic rings. The minimum Gasteiger partial charge on any atom is -0.507 e. The van der Waals surface area contributed by atoms with Crippen molar-refractivity contribution < 1.29 is 9.84 Å². The molecule has 0 fully saturated rings. The van der Waals surface area contributed by atoms with E-state index in [0.717, 1.165) is 36.5 Å². The van der Waals surface area contributed by atoms with Gasteiger partial charge in [0.05, 0.1) is 0 Å². The Labute approximate surface area is 158 Å². The molecule has 2 aromatic carbocycles. The average molecular weight is 357 g/mol. The maximum atomic E-state index is 9.84. The topological polar surface area (TPSA) is 35.9 Å². The van der Waals surface area contributed by atoms with Crippen molar-refractivity contribution >= 4 is 0 Å². The quantitative estimate of drug-likeness (QED) is 0.892. The molecule has 0 unspecified atom stereocenters. The summed E-state index contributed by atoms with van der Waals surface area (Å²) >= 11 is 0. The van der Waals surface area contributed by atoms with Crippen LogP contribution >= 0.6 is 0 Å². The van der Waals surface area contributed by atoms with Crippen molar-refractivity contribution in [2.75, 3.05) is 27.4 Å². The molecule has 0 radical (unpaired) electrons. The lowest BCUT2D eigenvalue weighted by molar-refractivity contribution is 0.121. The van der Waals surface area contributed by atoms with Crippen LogP contribution in [0.2, 0.25) is 0 Å². The van der Waals surface area contributed by atoms with E-state index >= 15 is 0 Å². The highest BCUT2D eigenvalue weighted by atomic mass is 16.5. The van der Waals surface area contributed by atoms with Crippen molar-refractivity contribution in [3.63, 3.8) is 0 Å². The SMILES string of the molecule is CCN(C)Cc1cc(C)cc(C)c1O.Cc1ccc2c(c1)CN(C)CO2. The zero-order chi connectivity index (χ0) is 19.3. The van der Waals surface area contributed by atoms with Crippen molar-refractivity contribution in [1.29, 1.82) is 0 Å². The van der Waals surface area contributed by atoms with Gasteiger partial charge < -0.3 is 14.7 Å².